The first-order chi connectivity index (χ1) is 12.0. The minimum atomic E-state index is -0.346. The van der Waals surface area contributed by atoms with E-state index in [2.05, 4.69) is 10.3 Å². The molecule has 3 rings (SSSR count). The van der Waals surface area contributed by atoms with Gasteiger partial charge < -0.3 is 15.2 Å². The molecule has 2 amide bonds. The van der Waals surface area contributed by atoms with Crippen LogP contribution < -0.4 is 11.0 Å². The number of amides is 2. The largest absolute Gasteiger partial charge is 0.345 e. The van der Waals surface area contributed by atoms with Crippen LogP contribution in [0.3, 0.4) is 0 Å². The van der Waals surface area contributed by atoms with Crippen molar-refractivity contribution in [3.05, 3.63) is 64.6 Å². The van der Waals surface area contributed by atoms with Crippen LogP contribution in [0.5, 0.6) is 0 Å². The monoisotopic (exact) mass is 338 g/mol. The maximum atomic E-state index is 12.3. The lowest BCUT2D eigenvalue weighted by Gasteiger charge is -2.12. The predicted octanol–water partition coefficient (Wildman–Crippen LogP) is 1.67. The van der Waals surface area contributed by atoms with Crippen molar-refractivity contribution in [2.24, 2.45) is 0 Å². The number of para-hydroxylation sites is 2. The fourth-order valence-electron chi connectivity index (χ4n) is 2.60. The first kappa shape index (κ1) is 16.5. The number of hydrogen-bond acceptors (Lipinski definition) is 3. The van der Waals surface area contributed by atoms with E-state index < -0.39 is 0 Å². The standard InChI is InChI=1S/C18H18N4O3/c1-21(2)17(24)12-6-5-7-13(10-12)19-16(23)11-22-15-9-4-3-8-14(15)20-18(22)25/h3-10H,11H2,1-2H3,(H,19,23)(H,20,25). The molecule has 0 unspecified atom stereocenters. The summed E-state index contributed by atoms with van der Waals surface area (Å²) in [5.74, 6) is -0.495. The molecule has 0 atom stereocenters. The summed E-state index contributed by atoms with van der Waals surface area (Å²) in [5, 5.41) is 2.72. The van der Waals surface area contributed by atoms with Gasteiger partial charge in [0.25, 0.3) is 5.91 Å². The highest BCUT2D eigenvalue weighted by molar-refractivity contribution is 5.97. The number of hydrogen-bond donors (Lipinski definition) is 2. The number of fused-ring (bicyclic) bond motifs is 1. The number of H-pyrrole nitrogens is 1. The summed E-state index contributed by atoms with van der Waals surface area (Å²) in [5.41, 5.74) is 1.99. The lowest BCUT2D eigenvalue weighted by Crippen LogP contribution is -2.26. The lowest BCUT2D eigenvalue weighted by atomic mass is 10.2. The zero-order valence-corrected chi connectivity index (χ0v) is 13.9. The Labute approximate surface area is 143 Å². The van der Waals surface area contributed by atoms with E-state index in [4.69, 9.17) is 0 Å². The summed E-state index contributed by atoms with van der Waals surface area (Å²) in [6, 6.07) is 13.9. The molecule has 128 valence electrons. The number of aromatic nitrogens is 2. The van der Waals surface area contributed by atoms with Gasteiger partial charge in [-0.1, -0.05) is 18.2 Å². The van der Waals surface area contributed by atoms with Crippen LogP contribution >= 0.6 is 0 Å². The Bertz CT molecular complexity index is 1000. The van der Waals surface area contributed by atoms with Gasteiger partial charge in [-0.3, -0.25) is 14.2 Å². The van der Waals surface area contributed by atoms with Gasteiger partial charge in [0.05, 0.1) is 11.0 Å². The molecule has 0 aliphatic heterocycles. The molecule has 0 fully saturated rings. The second kappa shape index (κ2) is 6.64. The molecule has 3 aromatic rings. The molecule has 25 heavy (non-hydrogen) atoms. The fraction of sp³-hybridized carbons (Fsp3) is 0.167. The highest BCUT2D eigenvalue weighted by Gasteiger charge is 2.12. The molecule has 7 heteroatoms. The molecule has 1 aromatic heterocycles. The third-order valence-electron chi connectivity index (χ3n) is 3.78. The van der Waals surface area contributed by atoms with Gasteiger partial charge in [-0.2, -0.15) is 0 Å². The topological polar surface area (TPSA) is 87.2 Å². The Morgan fingerprint density at radius 1 is 1.12 bits per heavy atom. The number of aromatic amines is 1. The Morgan fingerprint density at radius 3 is 2.64 bits per heavy atom. The van der Waals surface area contributed by atoms with Crippen LogP contribution in [0, 0.1) is 0 Å². The summed E-state index contributed by atoms with van der Waals surface area (Å²) < 4.78 is 1.37. The average Bonchev–Trinajstić information content (AvgIpc) is 2.90. The normalized spacial score (nSPS) is 10.6. The van der Waals surface area contributed by atoms with Crippen LogP contribution in [0.1, 0.15) is 10.4 Å². The molecular formula is C18H18N4O3. The van der Waals surface area contributed by atoms with Gasteiger partial charge in [0.15, 0.2) is 0 Å². The number of rotatable bonds is 4. The second-order valence-corrected chi connectivity index (χ2v) is 5.86. The predicted molar refractivity (Wildman–Crippen MR) is 95.6 cm³/mol. The van der Waals surface area contributed by atoms with Crippen molar-refractivity contribution in [3.63, 3.8) is 0 Å². The number of benzene rings is 2. The lowest BCUT2D eigenvalue weighted by molar-refractivity contribution is -0.116. The van der Waals surface area contributed by atoms with Crippen LogP contribution in [0.15, 0.2) is 53.3 Å². The van der Waals surface area contributed by atoms with E-state index in [9.17, 15) is 14.4 Å². The van der Waals surface area contributed by atoms with Gasteiger partial charge >= 0.3 is 5.69 Å². The van der Waals surface area contributed by atoms with Crippen molar-refractivity contribution >= 4 is 28.5 Å². The van der Waals surface area contributed by atoms with Crippen LogP contribution in [0.2, 0.25) is 0 Å². The quantitative estimate of drug-likeness (QED) is 0.758. The van der Waals surface area contributed by atoms with Gasteiger partial charge in [0, 0.05) is 25.3 Å². The fourth-order valence-corrected chi connectivity index (χ4v) is 2.60. The molecule has 2 aromatic carbocycles. The van der Waals surface area contributed by atoms with Crippen molar-refractivity contribution in [1.82, 2.24) is 14.5 Å². The number of nitrogens with one attached hydrogen (secondary N) is 2. The summed E-state index contributed by atoms with van der Waals surface area (Å²) >= 11 is 0. The third kappa shape index (κ3) is 3.45. The van der Waals surface area contributed by atoms with E-state index in [0.717, 1.165) is 0 Å². The first-order valence-corrected chi connectivity index (χ1v) is 7.75. The molecule has 0 radical (unpaired) electrons. The Hall–Kier alpha value is -3.35. The van der Waals surface area contributed by atoms with Gasteiger partial charge in [-0.15, -0.1) is 0 Å². The Morgan fingerprint density at radius 2 is 1.88 bits per heavy atom. The average molecular weight is 338 g/mol. The van der Waals surface area contributed by atoms with Crippen LogP contribution in [0.4, 0.5) is 5.69 Å². The Balaban J connectivity index is 1.79. The molecule has 0 spiro atoms. The number of carbonyl (C=O) groups is 2. The van der Waals surface area contributed by atoms with E-state index in [1.807, 2.05) is 6.07 Å². The van der Waals surface area contributed by atoms with Crippen LogP contribution in [-0.4, -0.2) is 40.4 Å². The van der Waals surface area contributed by atoms with Crippen molar-refractivity contribution in [3.8, 4) is 0 Å². The molecule has 7 nitrogen and oxygen atoms in total. The van der Waals surface area contributed by atoms with Crippen molar-refractivity contribution in [1.29, 1.82) is 0 Å². The molecule has 1 heterocycles. The van der Waals surface area contributed by atoms with Crippen LogP contribution in [-0.2, 0) is 11.3 Å². The molecular weight excluding hydrogens is 320 g/mol. The summed E-state index contributed by atoms with van der Waals surface area (Å²) in [7, 11) is 3.33. The van der Waals surface area contributed by atoms with E-state index in [1.54, 1.807) is 56.6 Å². The van der Waals surface area contributed by atoms with E-state index in [1.165, 1.54) is 9.47 Å². The van der Waals surface area contributed by atoms with Crippen molar-refractivity contribution in [2.45, 2.75) is 6.54 Å². The SMILES string of the molecule is CN(C)C(=O)c1cccc(NC(=O)Cn2c(=O)[nH]c3ccccc32)c1. The van der Waals surface area contributed by atoms with Crippen molar-refractivity contribution in [2.75, 3.05) is 19.4 Å². The maximum absolute atomic E-state index is 12.3. The zero-order chi connectivity index (χ0) is 18.0. The van der Waals surface area contributed by atoms with Crippen LogP contribution in [0.25, 0.3) is 11.0 Å². The van der Waals surface area contributed by atoms with E-state index in [-0.39, 0.29) is 24.0 Å². The summed E-state index contributed by atoms with van der Waals surface area (Å²) in [6.45, 7) is -0.116. The molecule has 0 saturated carbocycles. The Kier molecular flexibility index (Phi) is 4.38. The minimum absolute atomic E-state index is 0.116. The van der Waals surface area contributed by atoms with Gasteiger partial charge in [0.1, 0.15) is 6.54 Å². The second-order valence-electron chi connectivity index (χ2n) is 5.86. The first-order valence-electron chi connectivity index (χ1n) is 7.75. The number of anilines is 1. The van der Waals surface area contributed by atoms with Crippen molar-refractivity contribution < 1.29 is 9.59 Å². The van der Waals surface area contributed by atoms with Gasteiger partial charge in [-0.05, 0) is 30.3 Å². The highest BCUT2D eigenvalue weighted by Crippen LogP contribution is 2.13. The number of nitrogens with zero attached hydrogens (tertiary/aromatic N) is 2. The molecule has 2 N–H and O–H groups in total. The number of imidazole rings is 1. The highest BCUT2D eigenvalue weighted by atomic mass is 16.2. The van der Waals surface area contributed by atoms with E-state index >= 15 is 0 Å². The minimum Gasteiger partial charge on any atom is -0.345 e. The zero-order valence-electron chi connectivity index (χ0n) is 13.9. The maximum Gasteiger partial charge on any atom is 0.326 e. The van der Waals surface area contributed by atoms with Gasteiger partial charge in [-0.25, -0.2) is 4.79 Å². The molecule has 0 aliphatic carbocycles. The number of carbonyl (C=O) groups excluding carboxylic acids is 2. The molecule has 0 saturated heterocycles. The molecule has 0 bridgehead atoms. The third-order valence-corrected chi connectivity index (χ3v) is 3.78. The van der Waals surface area contributed by atoms with E-state index in [0.29, 0.717) is 22.3 Å². The smallest absolute Gasteiger partial charge is 0.326 e. The van der Waals surface area contributed by atoms with Gasteiger partial charge in [0.2, 0.25) is 5.91 Å². The summed E-state index contributed by atoms with van der Waals surface area (Å²) in [6.07, 6.45) is 0. The molecule has 0 aliphatic rings. The summed E-state index contributed by atoms with van der Waals surface area (Å²) in [4.78, 5) is 40.5.